The molecule has 1 N–H and O–H groups in total. The zero-order valence-corrected chi connectivity index (χ0v) is 7.10. The summed E-state index contributed by atoms with van der Waals surface area (Å²) in [5.41, 5.74) is 0.873. The van der Waals surface area contributed by atoms with Crippen LogP contribution in [0.5, 0.6) is 0 Å². The molecule has 0 saturated heterocycles. The first-order valence-corrected chi connectivity index (χ1v) is 3.37. The van der Waals surface area contributed by atoms with Crippen LogP contribution in [-0.4, -0.2) is 15.0 Å². The molecule has 0 aromatic carbocycles. The summed E-state index contributed by atoms with van der Waals surface area (Å²) < 4.78 is 0. The van der Waals surface area contributed by atoms with Crippen molar-refractivity contribution in [1.29, 1.82) is 0 Å². The predicted molar refractivity (Wildman–Crippen MR) is 41.8 cm³/mol. The molecule has 0 aliphatic rings. The van der Waals surface area contributed by atoms with Crippen molar-refractivity contribution in [1.82, 2.24) is 15.0 Å². The number of pyridine rings is 1. The molecule has 0 bridgehead atoms. The molecule has 2 heterocycles. The first-order chi connectivity index (χ1) is 5.47. The maximum absolute atomic E-state index is 4.13. The Balaban J connectivity index is 0.000000720. The van der Waals surface area contributed by atoms with Crippen molar-refractivity contribution < 1.29 is 17.1 Å². The molecule has 0 unspecified atom stereocenters. The SMILES string of the molecule is [Cu+2].c1ccc(-c2ncc[nH]2)nc1. The molecular formula is C8H7CuN3+2. The first kappa shape index (κ1) is 8.97. The number of hydrogen-bond acceptors (Lipinski definition) is 2. The second-order valence-corrected chi connectivity index (χ2v) is 2.15. The molecule has 12 heavy (non-hydrogen) atoms. The van der Waals surface area contributed by atoms with Crippen LogP contribution in [0.2, 0.25) is 0 Å². The Labute approximate surface area is 80.7 Å². The van der Waals surface area contributed by atoms with Crippen LogP contribution in [0.3, 0.4) is 0 Å². The van der Waals surface area contributed by atoms with Gasteiger partial charge < -0.3 is 4.98 Å². The topological polar surface area (TPSA) is 41.6 Å². The summed E-state index contributed by atoms with van der Waals surface area (Å²) in [6.45, 7) is 0. The van der Waals surface area contributed by atoms with Crippen LogP contribution in [0, 0.1) is 0 Å². The number of imidazole rings is 1. The third kappa shape index (κ3) is 1.72. The maximum atomic E-state index is 4.13. The van der Waals surface area contributed by atoms with Crippen molar-refractivity contribution in [2.75, 3.05) is 0 Å². The maximum Gasteiger partial charge on any atom is 2.00 e. The van der Waals surface area contributed by atoms with Crippen LogP contribution < -0.4 is 0 Å². The van der Waals surface area contributed by atoms with Crippen molar-refractivity contribution in [3.8, 4) is 11.5 Å². The summed E-state index contributed by atoms with van der Waals surface area (Å²) in [5.74, 6) is 0.811. The molecule has 63 valence electrons. The molecule has 0 amide bonds. The van der Waals surface area contributed by atoms with Crippen molar-refractivity contribution in [2.45, 2.75) is 0 Å². The van der Waals surface area contributed by atoms with E-state index >= 15 is 0 Å². The quantitative estimate of drug-likeness (QED) is 0.722. The van der Waals surface area contributed by atoms with Gasteiger partial charge in [0.15, 0.2) is 5.82 Å². The average Bonchev–Trinajstić information content (AvgIpc) is 2.58. The van der Waals surface area contributed by atoms with Gasteiger partial charge in [-0.05, 0) is 12.1 Å². The van der Waals surface area contributed by atoms with Crippen LogP contribution in [0.15, 0.2) is 36.8 Å². The minimum atomic E-state index is 0. The fourth-order valence-electron chi connectivity index (χ4n) is 0.908. The summed E-state index contributed by atoms with van der Waals surface area (Å²) >= 11 is 0. The van der Waals surface area contributed by atoms with E-state index in [0.717, 1.165) is 11.5 Å². The Morgan fingerprint density at radius 3 is 2.58 bits per heavy atom. The molecule has 0 aliphatic heterocycles. The number of H-pyrrole nitrogens is 1. The van der Waals surface area contributed by atoms with Gasteiger partial charge in [0, 0.05) is 18.6 Å². The summed E-state index contributed by atoms with van der Waals surface area (Å²) in [6.07, 6.45) is 5.24. The minimum absolute atomic E-state index is 0. The van der Waals surface area contributed by atoms with Gasteiger partial charge in [-0.1, -0.05) is 6.07 Å². The summed E-state index contributed by atoms with van der Waals surface area (Å²) in [6, 6.07) is 5.73. The van der Waals surface area contributed by atoms with Crippen molar-refractivity contribution >= 4 is 0 Å². The summed E-state index contributed by atoms with van der Waals surface area (Å²) in [5, 5.41) is 0. The third-order valence-electron chi connectivity index (χ3n) is 1.41. The van der Waals surface area contributed by atoms with E-state index in [-0.39, 0.29) is 17.1 Å². The van der Waals surface area contributed by atoms with Gasteiger partial charge >= 0.3 is 17.1 Å². The van der Waals surface area contributed by atoms with Crippen LogP contribution in [-0.2, 0) is 17.1 Å². The fourth-order valence-corrected chi connectivity index (χ4v) is 0.908. The van der Waals surface area contributed by atoms with Crippen molar-refractivity contribution in [3.63, 3.8) is 0 Å². The van der Waals surface area contributed by atoms with Crippen LogP contribution >= 0.6 is 0 Å². The predicted octanol–water partition coefficient (Wildman–Crippen LogP) is 1.47. The molecular weight excluding hydrogens is 202 g/mol. The number of nitrogens with zero attached hydrogens (tertiary/aromatic N) is 2. The Bertz CT molecular complexity index is 317. The Morgan fingerprint density at radius 1 is 1.08 bits per heavy atom. The molecule has 0 spiro atoms. The standard InChI is InChI=1S/C8H7N3.Cu/c1-2-4-9-7(3-1)8-10-5-6-11-8;/h1-6H,(H,10,11);/q;+2. The van der Waals surface area contributed by atoms with Crippen LogP contribution in [0.1, 0.15) is 0 Å². The molecule has 0 aliphatic carbocycles. The van der Waals surface area contributed by atoms with Gasteiger partial charge in [-0.2, -0.15) is 0 Å². The third-order valence-corrected chi connectivity index (χ3v) is 1.41. The van der Waals surface area contributed by atoms with Gasteiger partial charge in [0.2, 0.25) is 0 Å². The Hall–Kier alpha value is -1.12. The number of rotatable bonds is 1. The molecule has 2 aromatic rings. The largest absolute Gasteiger partial charge is 2.00 e. The first-order valence-electron chi connectivity index (χ1n) is 3.37. The van der Waals surface area contributed by atoms with Gasteiger partial charge in [0.1, 0.15) is 5.69 Å². The summed E-state index contributed by atoms with van der Waals surface area (Å²) in [7, 11) is 0. The van der Waals surface area contributed by atoms with E-state index in [1.54, 1.807) is 18.6 Å². The van der Waals surface area contributed by atoms with Crippen LogP contribution in [0.25, 0.3) is 11.5 Å². The summed E-state index contributed by atoms with van der Waals surface area (Å²) in [4.78, 5) is 11.2. The number of nitrogens with one attached hydrogen (secondary N) is 1. The zero-order valence-electron chi connectivity index (χ0n) is 6.16. The fraction of sp³-hybridized carbons (Fsp3) is 0. The molecule has 0 fully saturated rings. The second kappa shape index (κ2) is 4.04. The van der Waals surface area contributed by atoms with Gasteiger partial charge in [0.05, 0.1) is 0 Å². The van der Waals surface area contributed by atoms with E-state index in [9.17, 15) is 0 Å². The molecule has 3 nitrogen and oxygen atoms in total. The molecule has 1 radical (unpaired) electrons. The van der Waals surface area contributed by atoms with E-state index in [0.29, 0.717) is 0 Å². The molecule has 2 rings (SSSR count). The Morgan fingerprint density at radius 2 is 2.00 bits per heavy atom. The van der Waals surface area contributed by atoms with E-state index in [4.69, 9.17) is 0 Å². The normalized spacial score (nSPS) is 9.00. The second-order valence-electron chi connectivity index (χ2n) is 2.15. The van der Waals surface area contributed by atoms with Gasteiger partial charge in [-0.25, -0.2) is 4.98 Å². The Kier molecular flexibility index (Phi) is 3.02. The van der Waals surface area contributed by atoms with E-state index in [1.807, 2.05) is 18.2 Å². The number of hydrogen-bond donors (Lipinski definition) is 1. The molecule has 0 atom stereocenters. The number of aromatic amines is 1. The average molecular weight is 209 g/mol. The van der Waals surface area contributed by atoms with Crippen LogP contribution in [0.4, 0.5) is 0 Å². The monoisotopic (exact) mass is 208 g/mol. The van der Waals surface area contributed by atoms with Crippen molar-refractivity contribution in [3.05, 3.63) is 36.8 Å². The van der Waals surface area contributed by atoms with Gasteiger partial charge in [-0.3, -0.25) is 4.98 Å². The molecule has 2 aromatic heterocycles. The smallest absolute Gasteiger partial charge is 0.343 e. The zero-order chi connectivity index (χ0) is 7.52. The van der Waals surface area contributed by atoms with E-state index in [1.165, 1.54) is 0 Å². The van der Waals surface area contributed by atoms with Gasteiger partial charge in [-0.15, -0.1) is 0 Å². The minimum Gasteiger partial charge on any atom is -0.343 e. The molecule has 0 saturated carbocycles. The van der Waals surface area contributed by atoms with E-state index in [2.05, 4.69) is 15.0 Å². The number of aromatic nitrogens is 3. The van der Waals surface area contributed by atoms with Gasteiger partial charge in [0.25, 0.3) is 0 Å². The van der Waals surface area contributed by atoms with Crippen molar-refractivity contribution in [2.24, 2.45) is 0 Å². The molecule has 4 heteroatoms. The van der Waals surface area contributed by atoms with E-state index < -0.39 is 0 Å².